The Balaban J connectivity index is 0. The third kappa shape index (κ3) is 19.8. The summed E-state index contributed by atoms with van der Waals surface area (Å²) in [5.41, 5.74) is 0. The Bertz CT molecular complexity index is 613. The first-order valence-corrected chi connectivity index (χ1v) is 13.4. The molecule has 32 heavy (non-hydrogen) atoms. The Morgan fingerprint density at radius 3 is 1.62 bits per heavy atom. The summed E-state index contributed by atoms with van der Waals surface area (Å²) in [6, 6.07) is 0. The Morgan fingerprint density at radius 2 is 1.22 bits per heavy atom. The lowest BCUT2D eigenvalue weighted by molar-refractivity contribution is -0.150. The second kappa shape index (κ2) is 18.6. The molecular formula is C18H38O12P2. The summed E-state index contributed by atoms with van der Waals surface area (Å²) in [7, 11) is -7.94. The fraction of sp³-hybridized carbons (Fsp3) is 0.889. The van der Waals surface area contributed by atoms with Crippen molar-refractivity contribution in [3.05, 3.63) is 0 Å². The second-order valence-corrected chi connectivity index (χ2v) is 9.29. The SMILES string of the molecule is CCOP(=O)(O)OCC(C)COC(=O)CC.CCOP(=O)(O)OCC(CC)OC(=O)CC. The molecule has 0 heterocycles. The zero-order chi connectivity index (χ0) is 25.2. The summed E-state index contributed by atoms with van der Waals surface area (Å²) in [6.45, 7) is 10.3. The normalized spacial score (nSPS) is 16.5. The standard InChI is InChI=1S/2C9H19O6P/c1-4-9(10)13-6-8(3)7-15-16(11,12)14-5-2;1-4-8(15-9(10)5-2)7-14-16(11,12)13-6-3/h2*8H,4-7H2,1-3H3,(H,11,12). The summed E-state index contributed by atoms with van der Waals surface area (Å²) in [5, 5.41) is 0. The van der Waals surface area contributed by atoms with Gasteiger partial charge in [-0.15, -0.1) is 0 Å². The molecule has 0 aromatic rings. The predicted octanol–water partition coefficient (Wildman–Crippen LogP) is 3.60. The molecule has 0 rings (SSSR count). The third-order valence-corrected chi connectivity index (χ3v) is 5.51. The van der Waals surface area contributed by atoms with Gasteiger partial charge in [0.25, 0.3) is 0 Å². The number of rotatable bonds is 16. The van der Waals surface area contributed by atoms with E-state index in [9.17, 15) is 18.7 Å². The first kappa shape index (κ1) is 33.3. The van der Waals surface area contributed by atoms with Gasteiger partial charge in [-0.05, 0) is 20.3 Å². The van der Waals surface area contributed by atoms with Gasteiger partial charge in [-0.3, -0.25) is 27.7 Å². The average molecular weight is 508 g/mol. The topological polar surface area (TPSA) is 164 Å². The molecule has 192 valence electrons. The number of hydrogen-bond acceptors (Lipinski definition) is 10. The number of hydrogen-bond donors (Lipinski definition) is 2. The van der Waals surface area contributed by atoms with E-state index in [0.717, 1.165) is 0 Å². The van der Waals surface area contributed by atoms with Crippen LogP contribution in [0.15, 0.2) is 0 Å². The molecule has 0 amide bonds. The van der Waals surface area contributed by atoms with Crippen LogP contribution < -0.4 is 0 Å². The van der Waals surface area contributed by atoms with Crippen LogP contribution >= 0.6 is 15.6 Å². The lowest BCUT2D eigenvalue weighted by Crippen LogP contribution is -2.22. The van der Waals surface area contributed by atoms with Crippen LogP contribution in [0, 0.1) is 5.92 Å². The van der Waals surface area contributed by atoms with Crippen LogP contribution in [-0.4, -0.2) is 60.9 Å². The molecule has 0 aromatic carbocycles. The molecule has 0 aliphatic carbocycles. The highest BCUT2D eigenvalue weighted by Crippen LogP contribution is 2.43. The average Bonchev–Trinajstić information content (AvgIpc) is 2.73. The number of ether oxygens (including phenoxy) is 2. The molecule has 4 unspecified atom stereocenters. The molecule has 12 nitrogen and oxygen atoms in total. The van der Waals surface area contributed by atoms with Gasteiger partial charge < -0.3 is 19.3 Å². The minimum absolute atomic E-state index is 0.00473. The second-order valence-electron chi connectivity index (χ2n) is 6.38. The quantitative estimate of drug-likeness (QED) is 0.230. The van der Waals surface area contributed by atoms with Crippen molar-refractivity contribution in [1.29, 1.82) is 0 Å². The molecule has 0 aliphatic rings. The van der Waals surface area contributed by atoms with Gasteiger partial charge in [0.05, 0.1) is 33.0 Å². The maximum Gasteiger partial charge on any atom is 0.472 e. The van der Waals surface area contributed by atoms with Gasteiger partial charge in [0.1, 0.15) is 6.10 Å². The minimum Gasteiger partial charge on any atom is -0.465 e. The Kier molecular flexibility index (Phi) is 19.3. The van der Waals surface area contributed by atoms with Gasteiger partial charge in [0.2, 0.25) is 0 Å². The van der Waals surface area contributed by atoms with Crippen molar-refractivity contribution in [3.63, 3.8) is 0 Å². The zero-order valence-electron chi connectivity index (χ0n) is 19.7. The molecule has 0 saturated heterocycles. The molecule has 0 saturated carbocycles. The van der Waals surface area contributed by atoms with Crippen LogP contribution in [0.1, 0.15) is 60.8 Å². The van der Waals surface area contributed by atoms with Crippen molar-refractivity contribution in [2.75, 3.05) is 33.0 Å². The van der Waals surface area contributed by atoms with E-state index in [1.807, 2.05) is 0 Å². The van der Waals surface area contributed by atoms with Crippen molar-refractivity contribution in [2.24, 2.45) is 5.92 Å². The first-order chi connectivity index (χ1) is 14.9. The van der Waals surface area contributed by atoms with Gasteiger partial charge in [-0.25, -0.2) is 9.13 Å². The largest absolute Gasteiger partial charge is 0.472 e. The lowest BCUT2D eigenvalue weighted by atomic mass is 10.2. The fourth-order valence-electron chi connectivity index (χ4n) is 1.69. The molecular weight excluding hydrogens is 470 g/mol. The van der Waals surface area contributed by atoms with E-state index in [1.165, 1.54) is 0 Å². The number of carbonyl (C=O) groups excluding carboxylic acids is 2. The van der Waals surface area contributed by atoms with Crippen molar-refractivity contribution < 1.29 is 56.1 Å². The molecule has 0 fully saturated rings. The number of carbonyl (C=O) groups is 2. The number of esters is 2. The fourth-order valence-corrected chi connectivity index (χ4v) is 3.29. The molecule has 14 heteroatoms. The first-order valence-electron chi connectivity index (χ1n) is 10.4. The van der Waals surface area contributed by atoms with E-state index in [0.29, 0.717) is 12.8 Å². The van der Waals surface area contributed by atoms with E-state index in [1.54, 1.807) is 41.5 Å². The molecule has 4 atom stereocenters. The van der Waals surface area contributed by atoms with Crippen LogP contribution in [0.25, 0.3) is 0 Å². The predicted molar refractivity (Wildman–Crippen MR) is 116 cm³/mol. The van der Waals surface area contributed by atoms with E-state index in [-0.39, 0.29) is 57.3 Å². The highest BCUT2D eigenvalue weighted by atomic mass is 31.2. The Morgan fingerprint density at radius 1 is 0.750 bits per heavy atom. The van der Waals surface area contributed by atoms with Crippen LogP contribution in [0.4, 0.5) is 0 Å². The van der Waals surface area contributed by atoms with Crippen molar-refractivity contribution >= 4 is 27.6 Å². The third-order valence-electron chi connectivity index (χ3n) is 3.39. The van der Waals surface area contributed by atoms with Gasteiger partial charge in [-0.2, -0.15) is 0 Å². The van der Waals surface area contributed by atoms with E-state index in [4.69, 9.17) is 23.8 Å². The van der Waals surface area contributed by atoms with E-state index in [2.05, 4.69) is 13.6 Å². The minimum atomic E-state index is -4.00. The highest BCUT2D eigenvalue weighted by Gasteiger charge is 2.23. The molecule has 0 aliphatic heterocycles. The van der Waals surface area contributed by atoms with Gasteiger partial charge >= 0.3 is 27.6 Å². The Labute approximate surface area is 190 Å². The van der Waals surface area contributed by atoms with E-state index < -0.39 is 21.7 Å². The number of phosphoric acid groups is 2. The molecule has 0 aromatic heterocycles. The highest BCUT2D eigenvalue weighted by molar-refractivity contribution is 7.47. The molecule has 0 spiro atoms. The maximum absolute atomic E-state index is 11.2. The van der Waals surface area contributed by atoms with Crippen LogP contribution in [0.3, 0.4) is 0 Å². The van der Waals surface area contributed by atoms with Gasteiger partial charge in [0, 0.05) is 18.8 Å². The number of phosphoric ester groups is 2. The summed E-state index contributed by atoms with van der Waals surface area (Å²) >= 11 is 0. The van der Waals surface area contributed by atoms with Crippen LogP contribution in [0.5, 0.6) is 0 Å². The van der Waals surface area contributed by atoms with Gasteiger partial charge in [0.15, 0.2) is 0 Å². The molecule has 0 radical (unpaired) electrons. The van der Waals surface area contributed by atoms with Crippen LogP contribution in [-0.2, 0) is 46.3 Å². The summed E-state index contributed by atoms with van der Waals surface area (Å²) < 4.78 is 50.5. The van der Waals surface area contributed by atoms with Crippen molar-refractivity contribution in [1.82, 2.24) is 0 Å². The Hall–Kier alpha value is -0.840. The van der Waals surface area contributed by atoms with Crippen molar-refractivity contribution in [3.8, 4) is 0 Å². The summed E-state index contributed by atoms with van der Waals surface area (Å²) in [6.07, 6.45) is 0.565. The summed E-state index contributed by atoms with van der Waals surface area (Å²) in [4.78, 5) is 40.0. The summed E-state index contributed by atoms with van der Waals surface area (Å²) in [5.74, 6) is -0.820. The van der Waals surface area contributed by atoms with Crippen molar-refractivity contribution in [2.45, 2.75) is 66.9 Å². The van der Waals surface area contributed by atoms with Gasteiger partial charge in [-0.1, -0.05) is 27.7 Å². The van der Waals surface area contributed by atoms with Crippen LogP contribution in [0.2, 0.25) is 0 Å². The molecule has 2 N–H and O–H groups in total. The van der Waals surface area contributed by atoms with E-state index >= 15 is 0 Å². The monoisotopic (exact) mass is 508 g/mol. The zero-order valence-corrected chi connectivity index (χ0v) is 21.5. The maximum atomic E-state index is 11.2. The smallest absolute Gasteiger partial charge is 0.465 e. The molecule has 0 bridgehead atoms. The lowest BCUT2D eigenvalue weighted by Gasteiger charge is -2.17.